The van der Waals surface area contributed by atoms with Crippen molar-refractivity contribution in [3.63, 3.8) is 0 Å². The third kappa shape index (κ3) is 7.36. The van der Waals surface area contributed by atoms with Gasteiger partial charge in [-0.3, -0.25) is 14.1 Å². The van der Waals surface area contributed by atoms with E-state index in [4.69, 9.17) is 9.47 Å². The number of anilines is 1. The summed E-state index contributed by atoms with van der Waals surface area (Å²) in [4.78, 5) is 32.5. The Labute approximate surface area is 274 Å². The van der Waals surface area contributed by atoms with Crippen LogP contribution >= 0.6 is 0 Å². The van der Waals surface area contributed by atoms with Gasteiger partial charge in [0, 0.05) is 32.7 Å². The highest BCUT2D eigenvalue weighted by Gasteiger charge is 2.40. The van der Waals surface area contributed by atoms with E-state index in [-0.39, 0.29) is 52.0 Å². The van der Waals surface area contributed by atoms with Crippen LogP contribution in [0.25, 0.3) is 10.9 Å². The number of aromatic nitrogens is 2. The SMILES string of the molecule is CCN(C)S(=O)(=O)Nc1ccc(F)c(Oc2ccc3ncn(C4CCC5(CC4)CCN(C(=O)OC(C)(C)C)CC5)c(=O)c3c2)c1C#N. The van der Waals surface area contributed by atoms with E-state index in [9.17, 15) is 27.7 Å². The molecule has 2 aliphatic rings. The number of amides is 1. The smallest absolute Gasteiger partial charge is 0.410 e. The van der Waals surface area contributed by atoms with E-state index in [1.54, 1.807) is 28.8 Å². The van der Waals surface area contributed by atoms with Crippen molar-refractivity contribution in [1.29, 1.82) is 5.26 Å². The molecule has 2 fully saturated rings. The lowest BCUT2D eigenvalue weighted by molar-refractivity contribution is 0.00176. The number of carbonyl (C=O) groups excluding carboxylic acids is 1. The van der Waals surface area contributed by atoms with Crippen LogP contribution in [0.5, 0.6) is 11.5 Å². The van der Waals surface area contributed by atoms with Crippen LogP contribution in [0.3, 0.4) is 0 Å². The number of likely N-dealkylation sites (tertiary alicyclic amines) is 1. The summed E-state index contributed by atoms with van der Waals surface area (Å²) in [7, 11) is -2.62. The Hall–Kier alpha value is -4.22. The van der Waals surface area contributed by atoms with E-state index in [0.717, 1.165) is 55.0 Å². The van der Waals surface area contributed by atoms with Gasteiger partial charge in [-0.25, -0.2) is 14.2 Å². The highest BCUT2D eigenvalue weighted by Crippen LogP contribution is 2.47. The second-order valence-electron chi connectivity index (χ2n) is 13.4. The third-order valence-corrected chi connectivity index (χ3v) is 10.7. The summed E-state index contributed by atoms with van der Waals surface area (Å²) < 4.78 is 56.4. The average Bonchev–Trinajstić information content (AvgIpc) is 3.02. The molecule has 1 aromatic heterocycles. The molecule has 1 N–H and O–H groups in total. The van der Waals surface area contributed by atoms with Crippen LogP contribution in [0.15, 0.2) is 41.5 Å². The van der Waals surface area contributed by atoms with Crippen molar-refractivity contribution >= 4 is 32.9 Å². The second kappa shape index (κ2) is 13.1. The highest BCUT2D eigenvalue weighted by molar-refractivity contribution is 7.90. The molecule has 0 bridgehead atoms. The van der Waals surface area contributed by atoms with E-state index in [1.807, 2.05) is 26.8 Å². The Morgan fingerprint density at radius 3 is 2.47 bits per heavy atom. The molecule has 12 nitrogen and oxygen atoms in total. The van der Waals surface area contributed by atoms with Gasteiger partial charge in [-0.05, 0) is 95.0 Å². The fourth-order valence-corrected chi connectivity index (χ4v) is 7.22. The number of ether oxygens (including phenoxy) is 2. The molecule has 14 heteroatoms. The fourth-order valence-electron chi connectivity index (χ4n) is 6.28. The summed E-state index contributed by atoms with van der Waals surface area (Å²) in [5.41, 5.74) is -0.708. The summed E-state index contributed by atoms with van der Waals surface area (Å²) in [6, 6.07) is 8.50. The third-order valence-electron chi connectivity index (χ3n) is 9.18. The number of nitriles is 1. The van der Waals surface area contributed by atoms with Crippen molar-refractivity contribution in [3.05, 3.63) is 58.4 Å². The zero-order valence-corrected chi connectivity index (χ0v) is 28.2. The van der Waals surface area contributed by atoms with Crippen molar-refractivity contribution in [2.75, 3.05) is 31.4 Å². The Kier molecular flexibility index (Phi) is 9.52. The molecule has 252 valence electrons. The first kappa shape index (κ1) is 34.1. The van der Waals surface area contributed by atoms with Crippen LogP contribution in [0.1, 0.15) is 77.8 Å². The van der Waals surface area contributed by atoms with Crippen LogP contribution in [-0.2, 0) is 14.9 Å². The molecule has 2 heterocycles. The van der Waals surface area contributed by atoms with Crippen LogP contribution in [0.2, 0.25) is 0 Å². The van der Waals surface area contributed by atoms with Crippen molar-refractivity contribution in [1.82, 2.24) is 18.8 Å². The van der Waals surface area contributed by atoms with Gasteiger partial charge in [-0.15, -0.1) is 0 Å². The van der Waals surface area contributed by atoms with Crippen LogP contribution < -0.4 is 15.0 Å². The van der Waals surface area contributed by atoms with Gasteiger partial charge in [0.1, 0.15) is 23.0 Å². The minimum absolute atomic E-state index is 0.0490. The van der Waals surface area contributed by atoms with Gasteiger partial charge >= 0.3 is 16.3 Å². The molecule has 2 aromatic carbocycles. The minimum Gasteiger partial charge on any atom is -0.453 e. The number of piperidine rings is 1. The number of hydrogen-bond acceptors (Lipinski definition) is 8. The van der Waals surface area contributed by atoms with Crippen molar-refractivity contribution in [2.24, 2.45) is 5.41 Å². The number of rotatable bonds is 7. The lowest BCUT2D eigenvalue weighted by Gasteiger charge is -2.46. The monoisotopic (exact) mass is 668 g/mol. The molecule has 0 radical (unpaired) electrons. The predicted molar refractivity (Wildman–Crippen MR) is 175 cm³/mol. The molecule has 1 amide bonds. The normalized spacial score (nSPS) is 17.1. The largest absolute Gasteiger partial charge is 0.453 e. The number of benzene rings is 2. The standard InChI is InChI=1S/C33H41FN6O6S/c1-6-38(5)47(43,44)37-28-10-8-26(34)29(25(28)20-35)45-23-7-9-27-24(19-23)30(41)40(21-36-27)22-11-13-33(14-12-22)15-17-39(18-16-33)31(42)46-32(2,3)4/h7-10,19,21-22,37H,6,11-18H2,1-5H3. The zero-order valence-electron chi connectivity index (χ0n) is 27.4. The van der Waals surface area contributed by atoms with E-state index >= 15 is 0 Å². The van der Waals surface area contributed by atoms with E-state index in [0.29, 0.717) is 18.6 Å². The second-order valence-corrected chi connectivity index (χ2v) is 15.1. The zero-order chi connectivity index (χ0) is 34.1. The van der Waals surface area contributed by atoms with Gasteiger partial charge in [0.2, 0.25) is 0 Å². The maximum atomic E-state index is 15.0. The van der Waals surface area contributed by atoms with Crippen LogP contribution in [0, 0.1) is 22.6 Å². The molecule has 1 aliphatic heterocycles. The van der Waals surface area contributed by atoms with Gasteiger partial charge < -0.3 is 14.4 Å². The highest BCUT2D eigenvalue weighted by atomic mass is 32.2. The van der Waals surface area contributed by atoms with E-state index in [1.165, 1.54) is 19.2 Å². The van der Waals surface area contributed by atoms with Gasteiger partial charge in [0.15, 0.2) is 11.6 Å². The van der Waals surface area contributed by atoms with Gasteiger partial charge in [-0.1, -0.05) is 6.92 Å². The average molecular weight is 669 g/mol. The molecule has 0 atom stereocenters. The fraction of sp³-hybridized carbons (Fsp3) is 0.515. The number of hydrogen-bond donors (Lipinski definition) is 1. The summed E-state index contributed by atoms with van der Waals surface area (Å²) in [5.74, 6) is -1.25. The molecule has 1 aliphatic carbocycles. The number of nitrogens with zero attached hydrogens (tertiary/aromatic N) is 5. The van der Waals surface area contributed by atoms with Gasteiger partial charge in [0.05, 0.1) is 22.9 Å². The number of halogens is 1. The maximum Gasteiger partial charge on any atom is 0.410 e. The van der Waals surface area contributed by atoms with Crippen molar-refractivity contribution in [2.45, 2.75) is 77.9 Å². The summed E-state index contributed by atoms with van der Waals surface area (Å²) >= 11 is 0. The Bertz CT molecular complexity index is 1870. The Balaban J connectivity index is 1.32. The van der Waals surface area contributed by atoms with E-state index in [2.05, 4.69) is 9.71 Å². The molecule has 1 saturated carbocycles. The first-order valence-electron chi connectivity index (χ1n) is 15.8. The molecule has 5 rings (SSSR count). The number of fused-ring (bicyclic) bond motifs is 1. The molecule has 3 aromatic rings. The molecule has 0 unspecified atom stereocenters. The molecule has 47 heavy (non-hydrogen) atoms. The lowest BCUT2D eigenvalue weighted by atomic mass is 9.67. The lowest BCUT2D eigenvalue weighted by Crippen LogP contribution is -2.46. The van der Waals surface area contributed by atoms with Gasteiger partial charge in [0.25, 0.3) is 5.56 Å². The van der Waals surface area contributed by atoms with Crippen LogP contribution in [0.4, 0.5) is 14.9 Å². The minimum atomic E-state index is -3.99. The summed E-state index contributed by atoms with van der Waals surface area (Å²) in [6.07, 6.45) is 6.52. The predicted octanol–water partition coefficient (Wildman–Crippen LogP) is 5.94. The molecular formula is C33H41FN6O6S. The van der Waals surface area contributed by atoms with E-state index < -0.39 is 27.4 Å². The van der Waals surface area contributed by atoms with Crippen LogP contribution in [-0.4, -0.2) is 65.6 Å². The molecule has 1 spiro atoms. The Morgan fingerprint density at radius 2 is 1.85 bits per heavy atom. The van der Waals surface area contributed by atoms with Gasteiger partial charge in [-0.2, -0.15) is 18.0 Å². The Morgan fingerprint density at radius 1 is 1.17 bits per heavy atom. The number of carbonyl (C=O) groups is 1. The topological polar surface area (TPSA) is 147 Å². The first-order chi connectivity index (χ1) is 22.1. The first-order valence-corrected chi connectivity index (χ1v) is 17.2. The molecular weight excluding hydrogens is 627 g/mol. The quantitative estimate of drug-likeness (QED) is 0.326. The maximum absolute atomic E-state index is 15.0. The number of nitrogens with one attached hydrogen (secondary N) is 1. The van der Waals surface area contributed by atoms with Crippen molar-refractivity contribution < 1.29 is 27.1 Å². The summed E-state index contributed by atoms with van der Waals surface area (Å²) in [5, 5.41) is 10.1. The molecule has 1 saturated heterocycles. The summed E-state index contributed by atoms with van der Waals surface area (Å²) in [6.45, 7) is 8.72. The van der Waals surface area contributed by atoms with Crippen molar-refractivity contribution in [3.8, 4) is 17.6 Å².